The van der Waals surface area contributed by atoms with Gasteiger partial charge in [-0.2, -0.15) is 11.3 Å². The Morgan fingerprint density at radius 2 is 1.42 bits per heavy atom. The smallest absolute Gasteiger partial charge is 0.0852 e. The minimum Gasteiger partial charge on any atom is -0.333 e. The van der Waals surface area contributed by atoms with Crippen LogP contribution in [-0.2, 0) is 26.5 Å². The third-order valence-corrected chi connectivity index (χ3v) is 14.0. The summed E-state index contributed by atoms with van der Waals surface area (Å²) in [5, 5.41) is 6.37. The second-order valence-electron chi connectivity index (χ2n) is 16.4. The van der Waals surface area contributed by atoms with E-state index in [2.05, 4.69) is 195 Å². The molecule has 3 heterocycles. The average Bonchev–Trinajstić information content (AvgIpc) is 3.83. The Kier molecular flexibility index (Phi) is 11.6. The van der Waals surface area contributed by atoms with Crippen LogP contribution in [-0.4, -0.2) is 22.6 Å². The molecule has 6 heteroatoms. The van der Waals surface area contributed by atoms with Crippen LogP contribution in [0.2, 0.25) is 19.6 Å². The largest absolute Gasteiger partial charge is 0.333 e. The van der Waals surface area contributed by atoms with Crippen molar-refractivity contribution in [2.75, 3.05) is 0 Å². The van der Waals surface area contributed by atoms with Gasteiger partial charge in [0, 0.05) is 47.6 Å². The Hall–Kier alpha value is -5.49. The molecule has 0 N–H and O–H groups in total. The zero-order valence-electron chi connectivity index (χ0n) is 34.0. The molecule has 1 radical (unpaired) electrons. The summed E-state index contributed by atoms with van der Waals surface area (Å²) in [6, 6.07) is 62.2. The predicted molar refractivity (Wildman–Crippen MR) is 251 cm³/mol. The van der Waals surface area contributed by atoms with Crippen LogP contribution in [0, 0.1) is 18.1 Å². The van der Waals surface area contributed by atoms with Gasteiger partial charge in [0.1, 0.15) is 0 Å². The average molecular weight is 976 g/mol. The third kappa shape index (κ3) is 7.99. The van der Waals surface area contributed by atoms with Crippen molar-refractivity contribution in [3.63, 3.8) is 0 Å². The monoisotopic (exact) mass is 976 g/mol. The van der Waals surface area contributed by atoms with Crippen LogP contribution in [0.5, 0.6) is 0 Å². The van der Waals surface area contributed by atoms with Crippen molar-refractivity contribution >= 4 is 66.6 Å². The number of pyridine rings is 1. The summed E-state index contributed by atoms with van der Waals surface area (Å²) in [5.41, 5.74) is 10.2. The van der Waals surface area contributed by atoms with Gasteiger partial charge in [-0.15, -0.1) is 54.1 Å². The molecule has 59 heavy (non-hydrogen) atoms. The molecule has 0 saturated carbocycles. The first kappa shape index (κ1) is 40.3. The number of fused-ring (bicyclic) bond motifs is 6. The number of imidazole rings is 1. The van der Waals surface area contributed by atoms with Crippen LogP contribution in [0.25, 0.3) is 81.4 Å². The topological polar surface area (TPSA) is 30.7 Å². The number of thiophene rings is 1. The molecule has 0 saturated heterocycles. The molecule has 0 bridgehead atoms. The summed E-state index contributed by atoms with van der Waals surface area (Å²) in [4.78, 5) is 10.1. The van der Waals surface area contributed by atoms with Gasteiger partial charge >= 0.3 is 0 Å². The van der Waals surface area contributed by atoms with Crippen LogP contribution >= 0.6 is 11.3 Å². The first-order chi connectivity index (χ1) is 28.2. The van der Waals surface area contributed by atoms with E-state index in [1.54, 1.807) is 0 Å². The molecule has 0 fully saturated rings. The first-order valence-corrected chi connectivity index (χ1v) is 24.4. The number of hydrogen-bond acceptors (Lipinski definition) is 3. The van der Waals surface area contributed by atoms with E-state index < -0.39 is 8.07 Å². The second-order valence-corrected chi connectivity index (χ2v) is 22.4. The van der Waals surface area contributed by atoms with E-state index >= 15 is 0 Å². The van der Waals surface area contributed by atoms with Crippen molar-refractivity contribution < 1.29 is 20.1 Å². The number of nitrogens with zero attached hydrogens (tertiary/aromatic N) is 3. The summed E-state index contributed by atoms with van der Waals surface area (Å²) in [6.45, 7) is 11.7. The minimum atomic E-state index is -1.34. The molecule has 0 aliphatic heterocycles. The van der Waals surface area contributed by atoms with E-state index in [1.165, 1.54) is 47.4 Å². The molecule has 7 aromatic carbocycles. The van der Waals surface area contributed by atoms with Gasteiger partial charge < -0.3 is 9.55 Å². The molecule has 0 atom stereocenters. The molecule has 0 spiro atoms. The van der Waals surface area contributed by atoms with Gasteiger partial charge in [0.2, 0.25) is 0 Å². The molecular formula is C53H45IrN3SSi-2. The summed E-state index contributed by atoms with van der Waals surface area (Å²) in [6.07, 6.45) is 3.24. The summed E-state index contributed by atoms with van der Waals surface area (Å²) in [5.74, 6) is 1.58. The standard InChI is InChI=1S/C35H21N2S.C18H24NSi.Ir/c1-2-11-23(12-3-1)25-14-6-8-19-30(25)37-31-22-21-24-13-4-5-15-26(24)33(31)36-35(37)29-18-10-17-28-27-16-7-9-20-32(27)38-34(28)29;1-14(2)11-16-12-17(15-9-7-6-8-10-15)19-13-18(16)20(3,4)5;/h1-17,19-22H;6-9,12-14H,11H2,1-5H3;/q2*-1;. The van der Waals surface area contributed by atoms with Crippen molar-refractivity contribution in [2.45, 2.75) is 39.9 Å². The maximum atomic E-state index is 5.38. The van der Waals surface area contributed by atoms with Crippen LogP contribution in [0.15, 0.2) is 164 Å². The summed E-state index contributed by atoms with van der Waals surface area (Å²) < 4.78 is 4.83. The van der Waals surface area contributed by atoms with Crippen molar-refractivity contribution in [1.82, 2.24) is 14.5 Å². The number of benzene rings is 7. The Morgan fingerprint density at radius 3 is 2.20 bits per heavy atom. The second kappa shape index (κ2) is 17.0. The van der Waals surface area contributed by atoms with Crippen molar-refractivity contribution in [1.29, 1.82) is 0 Å². The van der Waals surface area contributed by atoms with Gasteiger partial charge in [0.25, 0.3) is 0 Å². The molecule has 3 nitrogen and oxygen atoms in total. The van der Waals surface area contributed by atoms with E-state index in [1.807, 2.05) is 35.6 Å². The van der Waals surface area contributed by atoms with Crippen LogP contribution in [0.3, 0.4) is 0 Å². The molecule has 0 unspecified atom stereocenters. The molecule has 293 valence electrons. The Balaban J connectivity index is 0.000000197. The van der Waals surface area contributed by atoms with Gasteiger partial charge in [-0.05, 0) is 62.5 Å². The predicted octanol–water partition coefficient (Wildman–Crippen LogP) is 14.0. The molecule has 0 amide bonds. The zero-order valence-corrected chi connectivity index (χ0v) is 38.2. The van der Waals surface area contributed by atoms with Crippen molar-refractivity contribution in [2.24, 2.45) is 5.92 Å². The van der Waals surface area contributed by atoms with E-state index in [0.717, 1.165) is 51.2 Å². The molecule has 3 aromatic heterocycles. The molecule has 10 aromatic rings. The van der Waals surface area contributed by atoms with Gasteiger partial charge in [-0.25, -0.2) is 0 Å². The van der Waals surface area contributed by atoms with E-state index in [-0.39, 0.29) is 20.1 Å². The van der Waals surface area contributed by atoms with Gasteiger partial charge in [0.15, 0.2) is 0 Å². The molecular weight excluding hydrogens is 931 g/mol. The van der Waals surface area contributed by atoms with Crippen LogP contribution in [0.4, 0.5) is 0 Å². The normalized spacial score (nSPS) is 11.6. The quantitative estimate of drug-likeness (QED) is 0.118. The van der Waals surface area contributed by atoms with Crippen LogP contribution < -0.4 is 5.19 Å². The van der Waals surface area contributed by atoms with Crippen molar-refractivity contribution in [3.8, 4) is 39.5 Å². The minimum absolute atomic E-state index is 0. The maximum Gasteiger partial charge on any atom is 0.0852 e. The molecule has 0 aliphatic carbocycles. The SMILES string of the molecule is CC(C)Cc1cc(-c2[c-]cccc2)ncc1[Si](C)(C)C.[Ir].[c-]1ccc2c(sc3ccccc32)c1-c1nc2c3ccccc3ccc2n1-c1ccccc1-c1ccccc1. The van der Waals surface area contributed by atoms with E-state index in [4.69, 9.17) is 4.98 Å². The van der Waals surface area contributed by atoms with Gasteiger partial charge in [-0.3, -0.25) is 4.98 Å². The summed E-state index contributed by atoms with van der Waals surface area (Å²) >= 11 is 1.82. The zero-order chi connectivity index (χ0) is 39.8. The van der Waals surface area contributed by atoms with E-state index in [9.17, 15) is 0 Å². The van der Waals surface area contributed by atoms with Gasteiger partial charge in [0.05, 0.1) is 24.9 Å². The fourth-order valence-corrected chi connectivity index (χ4v) is 10.9. The van der Waals surface area contributed by atoms with Crippen molar-refractivity contribution in [3.05, 3.63) is 182 Å². The Bertz CT molecular complexity index is 3050. The number of aromatic nitrogens is 3. The molecule has 10 rings (SSSR count). The number of para-hydroxylation sites is 1. The van der Waals surface area contributed by atoms with Crippen LogP contribution in [0.1, 0.15) is 19.4 Å². The Labute approximate surface area is 365 Å². The fourth-order valence-electron chi connectivity index (χ4n) is 8.09. The third-order valence-electron chi connectivity index (χ3n) is 10.8. The van der Waals surface area contributed by atoms with E-state index in [0.29, 0.717) is 5.92 Å². The maximum absolute atomic E-state index is 5.38. The molecule has 0 aliphatic rings. The fraction of sp³-hybridized carbons (Fsp3) is 0.132. The number of rotatable bonds is 7. The number of hydrogen-bond donors (Lipinski definition) is 0. The summed E-state index contributed by atoms with van der Waals surface area (Å²) in [7, 11) is -1.34. The van der Waals surface area contributed by atoms with Gasteiger partial charge in [-0.1, -0.05) is 153 Å². The first-order valence-electron chi connectivity index (χ1n) is 20.1. The Morgan fingerprint density at radius 1 is 0.695 bits per heavy atom.